The zero-order valence-corrected chi connectivity index (χ0v) is 10.00. The summed E-state index contributed by atoms with van der Waals surface area (Å²) >= 11 is 1.71. The van der Waals surface area contributed by atoms with Crippen molar-refractivity contribution in [2.45, 2.75) is 36.0 Å². The molecule has 0 saturated heterocycles. The lowest BCUT2D eigenvalue weighted by molar-refractivity contribution is 0.0592. The molecule has 0 unspecified atom stereocenters. The van der Waals surface area contributed by atoms with Crippen molar-refractivity contribution in [2.24, 2.45) is 0 Å². The summed E-state index contributed by atoms with van der Waals surface area (Å²) in [6, 6.07) is 0. The predicted octanol–water partition coefficient (Wildman–Crippen LogP) is 2.30. The fourth-order valence-corrected chi connectivity index (χ4v) is 2.97. The van der Waals surface area contributed by atoms with Gasteiger partial charge in [-0.15, -0.1) is 11.8 Å². The number of nitrogens with zero attached hydrogens (tertiary/aromatic N) is 2. The second-order valence-electron chi connectivity index (χ2n) is 3.76. The number of hydrogen-bond donors (Lipinski definition) is 0. The molecule has 1 aliphatic rings. The highest BCUT2D eigenvalue weighted by atomic mass is 32.2. The Labute approximate surface area is 98.8 Å². The van der Waals surface area contributed by atoms with Gasteiger partial charge in [-0.25, -0.2) is 9.78 Å². The van der Waals surface area contributed by atoms with Gasteiger partial charge in [-0.05, 0) is 12.8 Å². The van der Waals surface area contributed by atoms with Crippen LogP contribution in [-0.2, 0) is 4.74 Å². The van der Waals surface area contributed by atoms with E-state index in [0.29, 0.717) is 5.25 Å². The number of rotatable bonds is 3. The van der Waals surface area contributed by atoms with Crippen molar-refractivity contribution < 1.29 is 9.53 Å². The van der Waals surface area contributed by atoms with Crippen LogP contribution in [0.4, 0.5) is 0 Å². The molecule has 2 rings (SSSR count). The van der Waals surface area contributed by atoms with Crippen LogP contribution < -0.4 is 0 Å². The van der Waals surface area contributed by atoms with Crippen LogP contribution in [0.3, 0.4) is 0 Å². The monoisotopic (exact) mass is 238 g/mol. The highest BCUT2D eigenvalue weighted by Crippen LogP contribution is 2.33. The molecule has 0 aromatic carbocycles. The topological polar surface area (TPSA) is 52.1 Å². The van der Waals surface area contributed by atoms with E-state index in [1.54, 1.807) is 18.0 Å². The van der Waals surface area contributed by atoms with E-state index in [4.69, 9.17) is 0 Å². The molecule has 1 saturated carbocycles. The minimum Gasteiger partial charge on any atom is -0.464 e. The summed E-state index contributed by atoms with van der Waals surface area (Å²) in [7, 11) is 1.35. The Morgan fingerprint density at radius 1 is 1.44 bits per heavy atom. The Balaban J connectivity index is 2.06. The maximum absolute atomic E-state index is 11.3. The summed E-state index contributed by atoms with van der Waals surface area (Å²) in [4.78, 5) is 19.5. The first-order chi connectivity index (χ1) is 7.79. The van der Waals surface area contributed by atoms with Gasteiger partial charge < -0.3 is 4.74 Å². The third kappa shape index (κ3) is 2.72. The summed E-state index contributed by atoms with van der Waals surface area (Å²) in [5.41, 5.74) is 0.283. The quantitative estimate of drug-likeness (QED) is 0.756. The van der Waals surface area contributed by atoms with Crippen LogP contribution in [0.25, 0.3) is 0 Å². The lowest BCUT2D eigenvalue weighted by atomic mass is 10.4. The third-order valence-electron chi connectivity index (χ3n) is 2.60. The minimum atomic E-state index is -0.429. The average molecular weight is 238 g/mol. The largest absolute Gasteiger partial charge is 0.464 e. The fourth-order valence-electron chi connectivity index (χ4n) is 1.78. The zero-order valence-electron chi connectivity index (χ0n) is 9.18. The number of aromatic nitrogens is 2. The minimum absolute atomic E-state index is 0.283. The van der Waals surface area contributed by atoms with Crippen molar-refractivity contribution in [3.63, 3.8) is 0 Å². The Bertz CT molecular complexity index is 378. The molecule has 0 radical (unpaired) electrons. The van der Waals surface area contributed by atoms with Crippen LogP contribution in [0.15, 0.2) is 17.4 Å². The number of thioether (sulfide) groups is 1. The molecule has 86 valence electrons. The summed E-state index contributed by atoms with van der Waals surface area (Å²) in [6.45, 7) is 0. The van der Waals surface area contributed by atoms with E-state index in [2.05, 4.69) is 14.7 Å². The van der Waals surface area contributed by atoms with Crippen molar-refractivity contribution >= 4 is 17.7 Å². The lowest BCUT2D eigenvalue weighted by Gasteiger charge is -2.07. The van der Waals surface area contributed by atoms with E-state index in [1.807, 2.05) is 0 Å². The zero-order chi connectivity index (χ0) is 11.4. The second kappa shape index (κ2) is 5.30. The van der Waals surface area contributed by atoms with Crippen LogP contribution in [0.2, 0.25) is 0 Å². The molecule has 0 aliphatic heterocycles. The summed E-state index contributed by atoms with van der Waals surface area (Å²) < 4.78 is 4.61. The van der Waals surface area contributed by atoms with Gasteiger partial charge >= 0.3 is 5.97 Å². The van der Waals surface area contributed by atoms with Gasteiger partial charge in [0.1, 0.15) is 5.03 Å². The van der Waals surface area contributed by atoms with E-state index < -0.39 is 5.97 Å². The Kier molecular flexibility index (Phi) is 3.77. The number of ether oxygens (including phenoxy) is 1. The number of methoxy groups -OCH3 is 1. The molecule has 1 heterocycles. The van der Waals surface area contributed by atoms with Crippen LogP contribution >= 0.6 is 11.8 Å². The molecule has 5 heteroatoms. The molecule has 1 aliphatic carbocycles. The molecule has 1 fully saturated rings. The van der Waals surface area contributed by atoms with E-state index in [9.17, 15) is 4.79 Å². The van der Waals surface area contributed by atoms with Gasteiger partial charge in [0.25, 0.3) is 0 Å². The molecule has 0 spiro atoms. The molecular formula is C11H14N2O2S. The van der Waals surface area contributed by atoms with Crippen molar-refractivity contribution in [3.8, 4) is 0 Å². The Morgan fingerprint density at radius 2 is 2.19 bits per heavy atom. The first-order valence-corrected chi connectivity index (χ1v) is 6.24. The van der Waals surface area contributed by atoms with Gasteiger partial charge in [0.15, 0.2) is 5.69 Å². The Morgan fingerprint density at radius 3 is 2.88 bits per heavy atom. The maximum Gasteiger partial charge on any atom is 0.358 e. The Hall–Kier alpha value is -1.10. The van der Waals surface area contributed by atoms with E-state index in [1.165, 1.54) is 39.0 Å². The van der Waals surface area contributed by atoms with Gasteiger partial charge in [-0.2, -0.15) is 0 Å². The van der Waals surface area contributed by atoms with Crippen molar-refractivity contribution in [2.75, 3.05) is 7.11 Å². The van der Waals surface area contributed by atoms with Gasteiger partial charge in [-0.3, -0.25) is 4.98 Å². The lowest BCUT2D eigenvalue weighted by Crippen LogP contribution is -2.06. The van der Waals surface area contributed by atoms with Gasteiger partial charge in [0, 0.05) is 5.25 Å². The molecule has 16 heavy (non-hydrogen) atoms. The SMILES string of the molecule is COC(=O)c1cncc(SC2CCCC2)n1. The summed E-state index contributed by atoms with van der Waals surface area (Å²) in [6.07, 6.45) is 8.19. The third-order valence-corrected chi connectivity index (χ3v) is 3.84. The number of carbonyl (C=O) groups excluding carboxylic acids is 1. The molecule has 0 bridgehead atoms. The molecule has 1 aromatic rings. The van der Waals surface area contributed by atoms with Crippen LogP contribution in [-0.4, -0.2) is 28.3 Å². The normalized spacial score (nSPS) is 16.3. The average Bonchev–Trinajstić information content (AvgIpc) is 2.81. The van der Waals surface area contributed by atoms with Crippen LogP contribution in [0.1, 0.15) is 36.2 Å². The van der Waals surface area contributed by atoms with Crippen molar-refractivity contribution in [1.29, 1.82) is 0 Å². The summed E-state index contributed by atoms with van der Waals surface area (Å²) in [5.74, 6) is -0.429. The molecule has 4 nitrogen and oxygen atoms in total. The van der Waals surface area contributed by atoms with Gasteiger partial charge in [0.2, 0.25) is 0 Å². The van der Waals surface area contributed by atoms with E-state index in [0.717, 1.165) is 5.03 Å². The van der Waals surface area contributed by atoms with Crippen molar-refractivity contribution in [3.05, 3.63) is 18.1 Å². The van der Waals surface area contributed by atoms with E-state index >= 15 is 0 Å². The molecular weight excluding hydrogens is 224 g/mol. The first-order valence-electron chi connectivity index (χ1n) is 5.36. The number of carbonyl (C=O) groups is 1. The first kappa shape index (κ1) is 11.4. The van der Waals surface area contributed by atoms with Crippen molar-refractivity contribution in [1.82, 2.24) is 9.97 Å². The van der Waals surface area contributed by atoms with Crippen LogP contribution in [0, 0.1) is 0 Å². The van der Waals surface area contributed by atoms with Gasteiger partial charge in [-0.1, -0.05) is 12.8 Å². The predicted molar refractivity (Wildman–Crippen MR) is 61.5 cm³/mol. The smallest absolute Gasteiger partial charge is 0.358 e. The number of hydrogen-bond acceptors (Lipinski definition) is 5. The van der Waals surface area contributed by atoms with Crippen LogP contribution in [0.5, 0.6) is 0 Å². The van der Waals surface area contributed by atoms with E-state index in [-0.39, 0.29) is 5.69 Å². The standard InChI is InChI=1S/C11H14N2O2S/c1-15-11(14)9-6-12-7-10(13-9)16-8-4-2-3-5-8/h6-8H,2-5H2,1H3. The molecule has 0 atom stereocenters. The van der Waals surface area contributed by atoms with Gasteiger partial charge in [0.05, 0.1) is 19.5 Å². The molecule has 0 amide bonds. The maximum atomic E-state index is 11.3. The fraction of sp³-hybridized carbons (Fsp3) is 0.545. The second-order valence-corrected chi connectivity index (χ2v) is 5.08. The molecule has 0 N–H and O–H groups in total. The summed E-state index contributed by atoms with van der Waals surface area (Å²) in [5, 5.41) is 1.44. The molecule has 1 aromatic heterocycles. The highest BCUT2D eigenvalue weighted by molar-refractivity contribution is 7.99. The highest BCUT2D eigenvalue weighted by Gasteiger charge is 2.17. The number of esters is 1.